The van der Waals surface area contributed by atoms with Gasteiger partial charge < -0.3 is 10.2 Å². The second kappa shape index (κ2) is 9.38. The average molecular weight is 460 g/mol. The van der Waals surface area contributed by atoms with E-state index in [1.54, 1.807) is 31.3 Å². The molecule has 9 heteroatoms. The largest absolute Gasteiger partial charge is 0.417 e. The lowest BCUT2D eigenvalue weighted by atomic mass is 9.89. The van der Waals surface area contributed by atoms with Crippen LogP contribution in [0.15, 0.2) is 30.3 Å². The van der Waals surface area contributed by atoms with E-state index in [0.29, 0.717) is 18.5 Å². The Balaban J connectivity index is 1.60. The molecule has 0 bridgehead atoms. The van der Waals surface area contributed by atoms with Gasteiger partial charge in [0.2, 0.25) is 0 Å². The molecule has 33 heavy (non-hydrogen) atoms. The lowest BCUT2D eigenvalue weighted by molar-refractivity contribution is -0.137. The minimum atomic E-state index is -4.59. The molecule has 0 atom stereocenters. The van der Waals surface area contributed by atoms with E-state index >= 15 is 0 Å². The average Bonchev–Trinajstić information content (AvgIpc) is 2.77. The summed E-state index contributed by atoms with van der Waals surface area (Å²) in [6.07, 6.45) is -1.74. The van der Waals surface area contributed by atoms with Gasteiger partial charge in [0.15, 0.2) is 5.69 Å². The first-order valence-electron chi connectivity index (χ1n) is 10.9. The van der Waals surface area contributed by atoms with Gasteiger partial charge >= 0.3 is 6.18 Å². The van der Waals surface area contributed by atoms with Crippen LogP contribution in [0.4, 0.5) is 18.9 Å². The van der Waals surface area contributed by atoms with Gasteiger partial charge in [-0.1, -0.05) is 20.8 Å². The summed E-state index contributed by atoms with van der Waals surface area (Å²) >= 11 is 0. The minimum Gasteiger partial charge on any atom is -0.372 e. The zero-order valence-electron chi connectivity index (χ0n) is 19.2. The van der Waals surface area contributed by atoms with Crippen LogP contribution in [-0.2, 0) is 11.6 Å². The van der Waals surface area contributed by atoms with Crippen molar-refractivity contribution in [2.75, 3.05) is 11.9 Å². The summed E-state index contributed by atoms with van der Waals surface area (Å²) in [4.78, 5) is 14.4. The highest BCUT2D eigenvalue weighted by Gasteiger charge is 2.35. The number of carbonyl (C=O) groups excluding carboxylic acids is 1. The highest BCUT2D eigenvalue weighted by Crippen LogP contribution is 2.35. The molecule has 176 valence electrons. The molecule has 0 spiro atoms. The maximum atomic E-state index is 13.3. The Hall–Kier alpha value is -3.15. The molecule has 1 aliphatic rings. The van der Waals surface area contributed by atoms with Crippen LogP contribution in [0.1, 0.15) is 73.8 Å². The summed E-state index contributed by atoms with van der Waals surface area (Å²) in [6.45, 7) is 6.07. The van der Waals surface area contributed by atoms with Gasteiger partial charge in [-0.25, -0.2) is 0 Å². The van der Waals surface area contributed by atoms with Crippen molar-refractivity contribution in [1.29, 1.82) is 5.26 Å². The number of hydrogen-bond donors (Lipinski definition) is 1. The van der Waals surface area contributed by atoms with E-state index in [9.17, 15) is 18.0 Å². The zero-order valence-corrected chi connectivity index (χ0v) is 19.2. The van der Waals surface area contributed by atoms with E-state index in [4.69, 9.17) is 5.26 Å². The number of hydrogen-bond acceptors (Lipinski definition) is 5. The number of benzene rings is 1. The Bertz CT molecular complexity index is 1030. The van der Waals surface area contributed by atoms with Crippen LogP contribution in [0.3, 0.4) is 0 Å². The second-order valence-electron chi connectivity index (χ2n) is 9.48. The van der Waals surface area contributed by atoms with Gasteiger partial charge in [-0.2, -0.15) is 23.5 Å². The standard InChI is InChI=1S/C24H28F3N5O/c1-23(2,3)21-12-11-20(30-31-21)22(33)29-16-6-9-17(10-7-16)32(4)18-8-5-15(14-28)19(13-18)24(25,26)27/h5,8,11-13,16-17H,6-7,9-10H2,1-4H3,(H,29,33). The Morgan fingerprint density at radius 1 is 1.09 bits per heavy atom. The SMILES string of the molecule is CN(c1ccc(C#N)c(C(F)(F)F)c1)C1CCC(NC(=O)c2ccc(C(C)(C)C)nn2)CC1. The fourth-order valence-corrected chi connectivity index (χ4v) is 4.01. The maximum Gasteiger partial charge on any atom is 0.417 e. The van der Waals surface area contributed by atoms with Gasteiger partial charge in [0.1, 0.15) is 0 Å². The highest BCUT2D eigenvalue weighted by atomic mass is 19.4. The van der Waals surface area contributed by atoms with Gasteiger partial charge in [-0.3, -0.25) is 4.79 Å². The summed E-state index contributed by atoms with van der Waals surface area (Å²) in [5.41, 5.74) is 0.0301. The number of nitrogens with one attached hydrogen (secondary N) is 1. The van der Waals surface area contributed by atoms with Crippen molar-refractivity contribution in [3.8, 4) is 6.07 Å². The lowest BCUT2D eigenvalue weighted by Crippen LogP contribution is -2.43. The van der Waals surface area contributed by atoms with Crippen LogP contribution in [-0.4, -0.2) is 35.2 Å². The Labute approximate surface area is 191 Å². The minimum absolute atomic E-state index is 0.0297. The number of amides is 1. The molecule has 2 aromatic rings. The van der Waals surface area contributed by atoms with Crippen molar-refractivity contribution >= 4 is 11.6 Å². The fraction of sp³-hybridized carbons (Fsp3) is 0.500. The third-order valence-corrected chi connectivity index (χ3v) is 6.08. The van der Waals surface area contributed by atoms with E-state index < -0.39 is 11.7 Å². The van der Waals surface area contributed by atoms with Gasteiger partial charge in [0.05, 0.1) is 22.9 Å². The Kier molecular flexibility index (Phi) is 6.96. The second-order valence-corrected chi connectivity index (χ2v) is 9.48. The van der Waals surface area contributed by atoms with Crippen LogP contribution in [0.5, 0.6) is 0 Å². The van der Waals surface area contributed by atoms with Gasteiger partial charge in [0, 0.05) is 30.2 Å². The van der Waals surface area contributed by atoms with Crippen molar-refractivity contribution in [3.63, 3.8) is 0 Å². The molecule has 1 aromatic carbocycles. The number of nitrogens with zero attached hydrogens (tertiary/aromatic N) is 4. The third kappa shape index (κ3) is 5.81. The predicted octanol–water partition coefficient (Wildman–Crippen LogP) is 4.84. The number of anilines is 1. The van der Waals surface area contributed by atoms with Crippen molar-refractivity contribution in [2.24, 2.45) is 0 Å². The number of carbonyl (C=O) groups is 1. The predicted molar refractivity (Wildman–Crippen MR) is 119 cm³/mol. The monoisotopic (exact) mass is 459 g/mol. The quantitative estimate of drug-likeness (QED) is 0.707. The molecule has 1 heterocycles. The zero-order chi connectivity index (χ0) is 24.4. The first-order valence-corrected chi connectivity index (χ1v) is 10.9. The molecule has 1 aromatic heterocycles. The molecule has 0 radical (unpaired) electrons. The lowest BCUT2D eigenvalue weighted by Gasteiger charge is -2.36. The van der Waals surface area contributed by atoms with Gasteiger partial charge in [-0.15, -0.1) is 5.10 Å². The van der Waals surface area contributed by atoms with E-state index in [2.05, 4.69) is 15.5 Å². The van der Waals surface area contributed by atoms with Crippen LogP contribution in [0.2, 0.25) is 0 Å². The molecule has 1 amide bonds. The van der Waals surface area contributed by atoms with Crippen LogP contribution in [0.25, 0.3) is 0 Å². The molecule has 1 aliphatic carbocycles. The summed E-state index contributed by atoms with van der Waals surface area (Å²) in [5.74, 6) is -0.276. The van der Waals surface area contributed by atoms with Crippen molar-refractivity contribution < 1.29 is 18.0 Å². The molecule has 0 saturated heterocycles. The molecular weight excluding hydrogens is 431 g/mol. The molecule has 6 nitrogen and oxygen atoms in total. The van der Waals surface area contributed by atoms with E-state index in [0.717, 1.165) is 24.6 Å². The highest BCUT2D eigenvalue weighted by molar-refractivity contribution is 5.92. The molecule has 1 N–H and O–H groups in total. The number of aromatic nitrogens is 2. The normalized spacial score (nSPS) is 19.0. The van der Waals surface area contributed by atoms with Gasteiger partial charge in [-0.05, 0) is 56.0 Å². The number of halogens is 3. The number of alkyl halides is 3. The maximum absolute atomic E-state index is 13.3. The van der Waals surface area contributed by atoms with Crippen LogP contribution >= 0.6 is 0 Å². The van der Waals surface area contributed by atoms with Crippen molar-refractivity contribution in [1.82, 2.24) is 15.5 Å². The molecule has 1 fully saturated rings. The molecule has 0 unspecified atom stereocenters. The summed E-state index contributed by atoms with van der Waals surface area (Å²) in [5, 5.41) is 20.2. The van der Waals surface area contributed by atoms with Gasteiger partial charge in [0.25, 0.3) is 5.91 Å². The summed E-state index contributed by atoms with van der Waals surface area (Å²) in [6, 6.07) is 8.89. The van der Waals surface area contributed by atoms with Crippen LogP contribution < -0.4 is 10.2 Å². The summed E-state index contributed by atoms with van der Waals surface area (Å²) < 4.78 is 39.9. The Morgan fingerprint density at radius 2 is 1.76 bits per heavy atom. The molecule has 3 rings (SSSR count). The molecule has 1 saturated carbocycles. The van der Waals surface area contributed by atoms with Crippen molar-refractivity contribution in [3.05, 3.63) is 52.8 Å². The van der Waals surface area contributed by atoms with E-state index in [-0.39, 0.29) is 34.7 Å². The van der Waals surface area contributed by atoms with Crippen molar-refractivity contribution in [2.45, 2.75) is 70.1 Å². The third-order valence-electron chi connectivity index (χ3n) is 6.08. The fourth-order valence-electron chi connectivity index (χ4n) is 4.01. The van der Waals surface area contributed by atoms with Crippen LogP contribution in [0, 0.1) is 11.3 Å². The first kappa shape index (κ1) is 24.5. The first-order chi connectivity index (χ1) is 15.4. The topological polar surface area (TPSA) is 81.9 Å². The Morgan fingerprint density at radius 3 is 2.27 bits per heavy atom. The molecular formula is C24H28F3N5O. The van der Waals surface area contributed by atoms with E-state index in [1.807, 2.05) is 25.7 Å². The summed E-state index contributed by atoms with van der Waals surface area (Å²) in [7, 11) is 1.76. The number of nitriles is 1. The molecule has 0 aliphatic heterocycles. The van der Waals surface area contributed by atoms with E-state index in [1.165, 1.54) is 6.07 Å². The smallest absolute Gasteiger partial charge is 0.372 e. The number of rotatable bonds is 4.